The van der Waals surface area contributed by atoms with Crippen molar-refractivity contribution in [2.24, 2.45) is 0 Å². The van der Waals surface area contributed by atoms with Crippen LogP contribution in [0, 0.1) is 5.82 Å². The van der Waals surface area contributed by atoms with Gasteiger partial charge < -0.3 is 11.1 Å². The largest absolute Gasteiger partial charge is 0.397 e. The van der Waals surface area contributed by atoms with Gasteiger partial charge in [0, 0.05) is 28.2 Å². The lowest BCUT2D eigenvalue weighted by Gasteiger charge is -2.10. The summed E-state index contributed by atoms with van der Waals surface area (Å²) < 4.78 is 24.6. The van der Waals surface area contributed by atoms with Crippen LogP contribution in [0.5, 0.6) is 0 Å². The van der Waals surface area contributed by atoms with Crippen LogP contribution in [0.1, 0.15) is 33.1 Å². The second kappa shape index (κ2) is 7.99. The smallest absolute Gasteiger partial charge is 0.224 e. The van der Waals surface area contributed by atoms with Gasteiger partial charge in [-0.25, -0.2) is 4.39 Å². The molecule has 3 N–H and O–H groups in total. The number of nitrogen functional groups attached to an aromatic ring is 1. The summed E-state index contributed by atoms with van der Waals surface area (Å²) in [6.45, 7) is 3.93. The van der Waals surface area contributed by atoms with E-state index in [0.29, 0.717) is 17.9 Å². The number of halogens is 1. The quantitative estimate of drug-likeness (QED) is 0.760. The third-order valence-corrected chi connectivity index (χ3v) is 4.98. The minimum atomic E-state index is -0.889. The van der Waals surface area contributed by atoms with Gasteiger partial charge in [-0.3, -0.25) is 9.00 Å². The van der Waals surface area contributed by atoms with Crippen molar-refractivity contribution in [2.75, 3.05) is 16.8 Å². The molecule has 4 nitrogen and oxygen atoms in total. The van der Waals surface area contributed by atoms with E-state index in [4.69, 9.17) is 5.73 Å². The van der Waals surface area contributed by atoms with Crippen molar-refractivity contribution in [1.29, 1.82) is 0 Å². The Bertz CT molecular complexity index is 494. The van der Waals surface area contributed by atoms with E-state index in [1.807, 2.05) is 13.8 Å². The van der Waals surface area contributed by atoms with Gasteiger partial charge in [0.05, 0.1) is 11.4 Å². The molecule has 0 aliphatic heterocycles. The first-order valence-electron chi connectivity index (χ1n) is 6.66. The van der Waals surface area contributed by atoms with Crippen molar-refractivity contribution in [1.82, 2.24) is 0 Å². The van der Waals surface area contributed by atoms with Crippen LogP contribution in [-0.2, 0) is 15.6 Å². The Kier molecular flexibility index (Phi) is 6.64. The van der Waals surface area contributed by atoms with E-state index in [9.17, 15) is 13.4 Å². The lowest BCUT2D eigenvalue weighted by molar-refractivity contribution is -0.116. The van der Waals surface area contributed by atoms with Crippen molar-refractivity contribution >= 4 is 28.1 Å². The van der Waals surface area contributed by atoms with E-state index in [0.717, 1.165) is 12.5 Å². The van der Waals surface area contributed by atoms with Gasteiger partial charge in [-0.2, -0.15) is 0 Å². The Labute approximate surface area is 121 Å². The van der Waals surface area contributed by atoms with Crippen molar-refractivity contribution in [3.63, 3.8) is 0 Å². The van der Waals surface area contributed by atoms with Gasteiger partial charge in [-0.15, -0.1) is 0 Å². The first kappa shape index (κ1) is 16.6. The Morgan fingerprint density at radius 2 is 2.20 bits per heavy atom. The molecule has 1 aromatic carbocycles. The van der Waals surface area contributed by atoms with Crippen molar-refractivity contribution in [3.8, 4) is 0 Å². The molecule has 0 saturated heterocycles. The molecule has 0 aromatic heterocycles. The average Bonchev–Trinajstić information content (AvgIpc) is 2.41. The van der Waals surface area contributed by atoms with Gasteiger partial charge in [-0.05, 0) is 31.0 Å². The minimum absolute atomic E-state index is 0.158. The minimum Gasteiger partial charge on any atom is -0.397 e. The second-order valence-electron chi connectivity index (χ2n) is 4.69. The van der Waals surface area contributed by atoms with E-state index < -0.39 is 16.6 Å². The molecule has 0 spiro atoms. The summed E-state index contributed by atoms with van der Waals surface area (Å²) >= 11 is 0. The summed E-state index contributed by atoms with van der Waals surface area (Å²) in [6.07, 6.45) is 1.70. The molecule has 1 aromatic rings. The van der Waals surface area contributed by atoms with Crippen LogP contribution in [-0.4, -0.2) is 21.1 Å². The molecule has 0 saturated carbocycles. The highest BCUT2D eigenvalue weighted by molar-refractivity contribution is 7.85. The summed E-state index contributed by atoms with van der Waals surface area (Å²) in [5.41, 5.74) is 6.20. The predicted molar refractivity (Wildman–Crippen MR) is 81.4 cm³/mol. The molecule has 2 atom stereocenters. The maximum Gasteiger partial charge on any atom is 0.224 e. The molecule has 20 heavy (non-hydrogen) atoms. The number of hydrogen-bond acceptors (Lipinski definition) is 3. The molecule has 6 heteroatoms. The molecular formula is C14H21FN2O2S. The van der Waals surface area contributed by atoms with E-state index >= 15 is 0 Å². The molecule has 0 aliphatic rings. The topological polar surface area (TPSA) is 72.2 Å². The summed E-state index contributed by atoms with van der Waals surface area (Å²) in [6, 6.07) is 3.83. The fourth-order valence-corrected chi connectivity index (χ4v) is 2.83. The zero-order valence-electron chi connectivity index (χ0n) is 11.8. The van der Waals surface area contributed by atoms with Gasteiger partial charge >= 0.3 is 0 Å². The highest BCUT2D eigenvalue weighted by atomic mass is 32.2. The zero-order chi connectivity index (χ0) is 15.1. The maximum atomic E-state index is 12.9. The van der Waals surface area contributed by atoms with Crippen LogP contribution in [0.4, 0.5) is 15.8 Å². The van der Waals surface area contributed by atoms with Gasteiger partial charge in [0.1, 0.15) is 5.82 Å². The van der Waals surface area contributed by atoms with E-state index in [2.05, 4.69) is 5.32 Å². The zero-order valence-corrected chi connectivity index (χ0v) is 12.6. The summed E-state index contributed by atoms with van der Waals surface area (Å²) in [5, 5.41) is 2.78. The van der Waals surface area contributed by atoms with Crippen LogP contribution < -0.4 is 11.1 Å². The van der Waals surface area contributed by atoms with Gasteiger partial charge in [0.15, 0.2) is 0 Å². The lowest BCUT2D eigenvalue weighted by Crippen LogP contribution is -2.16. The molecule has 0 aliphatic carbocycles. The van der Waals surface area contributed by atoms with Crippen molar-refractivity contribution in [3.05, 3.63) is 24.0 Å². The normalized spacial score (nSPS) is 13.8. The molecule has 1 amide bonds. The number of anilines is 2. The molecule has 112 valence electrons. The van der Waals surface area contributed by atoms with Crippen LogP contribution >= 0.6 is 0 Å². The standard InChI is InChI=1S/C14H21FN2O2S/c1-3-10(2)20(19)8-4-5-14(18)17-13-7-6-11(15)9-12(13)16/h6-7,9-10H,3-5,8,16H2,1-2H3,(H,17,18). The number of benzene rings is 1. The Hall–Kier alpha value is -1.43. The van der Waals surface area contributed by atoms with E-state index in [1.54, 1.807) is 0 Å². The highest BCUT2D eigenvalue weighted by Crippen LogP contribution is 2.19. The molecule has 2 unspecified atom stereocenters. The monoisotopic (exact) mass is 300 g/mol. The second-order valence-corrected chi connectivity index (χ2v) is 6.66. The molecule has 0 bridgehead atoms. The van der Waals surface area contributed by atoms with Crippen LogP contribution in [0.3, 0.4) is 0 Å². The SMILES string of the molecule is CCC(C)S(=O)CCCC(=O)Nc1ccc(F)cc1N. The number of carbonyl (C=O) groups excluding carboxylic acids is 1. The van der Waals surface area contributed by atoms with Crippen LogP contribution in [0.15, 0.2) is 18.2 Å². The molecule has 0 fully saturated rings. The molecule has 0 radical (unpaired) electrons. The van der Waals surface area contributed by atoms with Gasteiger partial charge in [0.2, 0.25) is 5.91 Å². The Morgan fingerprint density at radius 1 is 1.50 bits per heavy atom. The number of carbonyl (C=O) groups is 1. The van der Waals surface area contributed by atoms with E-state index in [-0.39, 0.29) is 23.3 Å². The first-order chi connectivity index (χ1) is 9.43. The number of amides is 1. The summed E-state index contributed by atoms with van der Waals surface area (Å²) in [5.74, 6) is -0.129. The number of rotatable bonds is 7. The fourth-order valence-electron chi connectivity index (χ4n) is 1.62. The third-order valence-electron chi connectivity index (χ3n) is 3.06. The number of nitrogens with one attached hydrogen (secondary N) is 1. The molecule has 1 rings (SSSR count). The molecule has 0 heterocycles. The average molecular weight is 300 g/mol. The predicted octanol–water partition coefficient (Wildman–Crippen LogP) is 2.67. The van der Waals surface area contributed by atoms with Gasteiger partial charge in [0.25, 0.3) is 0 Å². The molecular weight excluding hydrogens is 279 g/mol. The van der Waals surface area contributed by atoms with E-state index in [1.165, 1.54) is 12.1 Å². The Balaban J connectivity index is 2.39. The van der Waals surface area contributed by atoms with Crippen molar-refractivity contribution in [2.45, 2.75) is 38.4 Å². The number of nitrogens with two attached hydrogens (primary N) is 1. The van der Waals surface area contributed by atoms with Crippen LogP contribution in [0.25, 0.3) is 0 Å². The van der Waals surface area contributed by atoms with Crippen molar-refractivity contribution < 1.29 is 13.4 Å². The highest BCUT2D eigenvalue weighted by Gasteiger charge is 2.10. The summed E-state index contributed by atoms with van der Waals surface area (Å²) in [4.78, 5) is 11.7. The maximum absolute atomic E-state index is 12.9. The third kappa shape index (κ3) is 5.28. The fraction of sp³-hybridized carbons (Fsp3) is 0.500. The lowest BCUT2D eigenvalue weighted by atomic mass is 10.2. The first-order valence-corrected chi connectivity index (χ1v) is 8.04. The number of hydrogen-bond donors (Lipinski definition) is 2. The van der Waals surface area contributed by atoms with Gasteiger partial charge in [-0.1, -0.05) is 13.8 Å². The van der Waals surface area contributed by atoms with Crippen LogP contribution in [0.2, 0.25) is 0 Å². The summed E-state index contributed by atoms with van der Waals surface area (Å²) in [7, 11) is -0.889. The Morgan fingerprint density at radius 3 is 2.80 bits per heavy atom.